The van der Waals surface area contributed by atoms with E-state index in [2.05, 4.69) is 4.98 Å². The van der Waals surface area contributed by atoms with Gasteiger partial charge in [0.05, 0.1) is 16.0 Å². The lowest BCUT2D eigenvalue weighted by Gasteiger charge is -2.35. The topological polar surface area (TPSA) is 90.7 Å². The molecule has 2 N–H and O–H groups in total. The first-order valence-electron chi connectivity index (χ1n) is 13.1. The van der Waals surface area contributed by atoms with Crippen LogP contribution >= 0.6 is 11.3 Å². The van der Waals surface area contributed by atoms with Gasteiger partial charge in [0, 0.05) is 37.7 Å². The summed E-state index contributed by atoms with van der Waals surface area (Å²) in [5.41, 5.74) is -2.85. The van der Waals surface area contributed by atoms with E-state index in [1.165, 1.54) is 23.5 Å². The second kappa shape index (κ2) is 11.1. The summed E-state index contributed by atoms with van der Waals surface area (Å²) >= 11 is 1.36. The fraction of sp³-hybridized carbons (Fsp3) is 0.607. The Kier molecular flexibility index (Phi) is 8.35. The third-order valence-electron chi connectivity index (χ3n) is 7.82. The van der Waals surface area contributed by atoms with Crippen molar-refractivity contribution in [1.82, 2.24) is 9.88 Å². The number of hydrogen-bond acceptors (Lipinski definition) is 6. The van der Waals surface area contributed by atoms with Crippen LogP contribution < -0.4 is 0 Å². The summed E-state index contributed by atoms with van der Waals surface area (Å²) < 4.78 is 38.7. The average molecular weight is 553 g/mol. The number of rotatable bonds is 8. The largest absolute Gasteiger partial charge is 0.416 e. The number of thiazole rings is 1. The average Bonchev–Trinajstić information content (AvgIpc) is 3.54. The van der Waals surface area contributed by atoms with Gasteiger partial charge in [0.25, 0.3) is 0 Å². The number of hydrogen-bond donors (Lipinski definition) is 2. The maximum Gasteiger partial charge on any atom is 0.416 e. The van der Waals surface area contributed by atoms with Crippen LogP contribution in [0.5, 0.6) is 0 Å². The molecule has 4 rings (SSSR count). The Morgan fingerprint density at radius 3 is 2.47 bits per heavy atom. The molecular formula is C28H35F3N2O4S. The summed E-state index contributed by atoms with van der Waals surface area (Å²) in [6.45, 7) is 4.65. The van der Waals surface area contributed by atoms with Crippen molar-refractivity contribution in [3.63, 3.8) is 0 Å². The lowest BCUT2D eigenvalue weighted by Crippen LogP contribution is -2.32. The molecule has 38 heavy (non-hydrogen) atoms. The van der Waals surface area contributed by atoms with E-state index in [0.717, 1.165) is 42.7 Å². The molecule has 1 aliphatic heterocycles. The first kappa shape index (κ1) is 28.7. The summed E-state index contributed by atoms with van der Waals surface area (Å²) in [6.07, 6.45) is 1.80. The first-order chi connectivity index (χ1) is 17.7. The van der Waals surface area contributed by atoms with Crippen LogP contribution in [0, 0.1) is 11.8 Å². The molecule has 1 atom stereocenters. The number of carbonyl (C=O) groups is 2. The van der Waals surface area contributed by atoms with Gasteiger partial charge in [-0.1, -0.05) is 12.1 Å². The number of carbonyl (C=O) groups excluding carboxylic acids is 2. The fourth-order valence-corrected chi connectivity index (χ4v) is 6.55. The van der Waals surface area contributed by atoms with Gasteiger partial charge in [-0.25, -0.2) is 4.98 Å². The SMILES string of the molecule is CC(C)(O)c1cnc(C2(O)CCC(CC3CCN(C(=O)CCC(=O)c4cccc(C(F)(F)F)c4)C3)CC2)s1. The fourth-order valence-electron chi connectivity index (χ4n) is 5.49. The van der Waals surface area contributed by atoms with Crippen LogP contribution in [0.3, 0.4) is 0 Å². The highest BCUT2D eigenvalue weighted by Gasteiger charge is 2.39. The Bertz CT molecular complexity index is 1150. The lowest BCUT2D eigenvalue weighted by atomic mass is 9.75. The highest BCUT2D eigenvalue weighted by atomic mass is 32.1. The van der Waals surface area contributed by atoms with Crippen molar-refractivity contribution in [3.05, 3.63) is 51.5 Å². The molecule has 1 aliphatic carbocycles. The Morgan fingerprint density at radius 1 is 1.13 bits per heavy atom. The lowest BCUT2D eigenvalue weighted by molar-refractivity contribution is -0.137. The standard InChI is InChI=1S/C28H35F3N2O4S/c1-26(2,36)23-16-32-25(38-23)27(37)11-8-18(9-12-27)14-19-10-13-33(17-19)24(35)7-6-22(34)20-4-3-5-21(15-20)28(29,30)31/h3-5,15-16,18-19,36-37H,6-14,17H2,1-2H3. The number of Topliss-reactive ketones (excluding diaryl/α,β-unsaturated/α-hetero) is 1. The van der Waals surface area contributed by atoms with Crippen molar-refractivity contribution in [2.24, 2.45) is 11.8 Å². The zero-order valence-electron chi connectivity index (χ0n) is 21.8. The maximum atomic E-state index is 12.9. The van der Waals surface area contributed by atoms with Gasteiger partial charge in [-0.15, -0.1) is 11.3 Å². The van der Waals surface area contributed by atoms with E-state index < -0.39 is 28.7 Å². The highest BCUT2D eigenvalue weighted by molar-refractivity contribution is 7.11. The number of aromatic nitrogens is 1. The Balaban J connectivity index is 1.22. The molecule has 2 aromatic rings. The molecule has 6 nitrogen and oxygen atoms in total. The third-order valence-corrected chi connectivity index (χ3v) is 9.33. The molecule has 2 fully saturated rings. The molecule has 2 heterocycles. The number of alkyl halides is 3. The molecule has 1 saturated carbocycles. The summed E-state index contributed by atoms with van der Waals surface area (Å²) in [5.74, 6) is 0.199. The van der Waals surface area contributed by atoms with E-state index in [0.29, 0.717) is 42.8 Å². The van der Waals surface area contributed by atoms with Crippen molar-refractivity contribution < 1.29 is 33.0 Å². The summed E-state index contributed by atoms with van der Waals surface area (Å²) in [4.78, 5) is 32.0. The quantitative estimate of drug-likeness (QED) is 0.412. The van der Waals surface area contributed by atoms with Crippen LogP contribution in [0.4, 0.5) is 13.2 Å². The zero-order chi connectivity index (χ0) is 27.7. The predicted molar refractivity (Wildman–Crippen MR) is 138 cm³/mol. The van der Waals surface area contributed by atoms with Crippen molar-refractivity contribution in [2.75, 3.05) is 13.1 Å². The molecule has 0 spiro atoms. The number of aliphatic hydroxyl groups is 2. The monoisotopic (exact) mass is 552 g/mol. The Hall–Kier alpha value is -2.30. The van der Waals surface area contributed by atoms with Gasteiger partial charge in [-0.2, -0.15) is 13.2 Å². The number of amides is 1. The molecule has 1 aromatic heterocycles. The molecule has 0 radical (unpaired) electrons. The van der Waals surface area contributed by atoms with Crippen molar-refractivity contribution in [2.45, 2.75) is 82.6 Å². The van der Waals surface area contributed by atoms with Gasteiger partial charge in [-0.3, -0.25) is 9.59 Å². The van der Waals surface area contributed by atoms with E-state index >= 15 is 0 Å². The smallest absolute Gasteiger partial charge is 0.385 e. The Labute approximate surface area is 224 Å². The minimum Gasteiger partial charge on any atom is -0.385 e. The third kappa shape index (κ3) is 6.82. The number of likely N-dealkylation sites (tertiary alicyclic amines) is 1. The van der Waals surface area contributed by atoms with Gasteiger partial charge in [0.1, 0.15) is 10.6 Å². The molecular weight excluding hydrogens is 517 g/mol. The first-order valence-corrected chi connectivity index (χ1v) is 14.0. The van der Waals surface area contributed by atoms with E-state index in [1.54, 1.807) is 24.9 Å². The molecule has 1 saturated heterocycles. The van der Waals surface area contributed by atoms with Crippen LogP contribution in [0.2, 0.25) is 0 Å². The summed E-state index contributed by atoms with van der Waals surface area (Å²) in [6, 6.07) is 4.32. The molecule has 208 valence electrons. The van der Waals surface area contributed by atoms with Gasteiger partial charge < -0.3 is 15.1 Å². The highest BCUT2D eigenvalue weighted by Crippen LogP contribution is 2.44. The van der Waals surface area contributed by atoms with E-state index in [9.17, 15) is 33.0 Å². The minimum atomic E-state index is -4.52. The number of ketones is 1. The van der Waals surface area contributed by atoms with Crippen molar-refractivity contribution in [3.8, 4) is 0 Å². The summed E-state index contributed by atoms with van der Waals surface area (Å²) in [7, 11) is 0. The van der Waals surface area contributed by atoms with E-state index in [-0.39, 0.29) is 24.3 Å². The Morgan fingerprint density at radius 2 is 1.84 bits per heavy atom. The van der Waals surface area contributed by atoms with Crippen LogP contribution in [0.15, 0.2) is 30.5 Å². The molecule has 0 bridgehead atoms. The predicted octanol–water partition coefficient (Wildman–Crippen LogP) is 5.67. The molecule has 2 aliphatic rings. The van der Waals surface area contributed by atoms with Gasteiger partial charge in [0.15, 0.2) is 5.78 Å². The van der Waals surface area contributed by atoms with E-state index in [1.807, 2.05) is 0 Å². The second-order valence-electron chi connectivity index (χ2n) is 11.3. The second-order valence-corrected chi connectivity index (χ2v) is 12.3. The molecule has 1 unspecified atom stereocenters. The van der Waals surface area contributed by atoms with Gasteiger partial charge >= 0.3 is 6.18 Å². The van der Waals surface area contributed by atoms with Crippen molar-refractivity contribution in [1.29, 1.82) is 0 Å². The van der Waals surface area contributed by atoms with Crippen LogP contribution in [0.1, 0.15) is 91.0 Å². The molecule has 1 amide bonds. The van der Waals surface area contributed by atoms with E-state index in [4.69, 9.17) is 0 Å². The minimum absolute atomic E-state index is 0.0152. The van der Waals surface area contributed by atoms with Crippen LogP contribution in [-0.2, 0) is 22.2 Å². The van der Waals surface area contributed by atoms with Crippen LogP contribution in [0.25, 0.3) is 0 Å². The van der Waals surface area contributed by atoms with Crippen LogP contribution in [-0.4, -0.2) is 44.9 Å². The van der Waals surface area contributed by atoms with Gasteiger partial charge in [0.2, 0.25) is 5.91 Å². The molecule has 10 heteroatoms. The number of nitrogens with zero attached hydrogens (tertiary/aromatic N) is 2. The summed E-state index contributed by atoms with van der Waals surface area (Å²) in [5, 5.41) is 22.0. The van der Waals surface area contributed by atoms with Crippen molar-refractivity contribution >= 4 is 23.0 Å². The van der Waals surface area contributed by atoms with Gasteiger partial charge in [-0.05, 0) is 76.3 Å². The zero-order valence-corrected chi connectivity index (χ0v) is 22.6. The number of benzene rings is 1. The number of halogens is 3. The normalized spacial score (nSPS) is 24.6. The maximum absolute atomic E-state index is 12.9. The molecule has 1 aromatic carbocycles.